The Hall–Kier alpha value is -2.00. The largest absolute Gasteiger partial charge is 0.381 e. The SMILES string of the molecule is COC1CCCCC1c1cc(C(F)F)nn1NS(=O)(=O)c1ccccc1. The van der Waals surface area contributed by atoms with Crippen molar-refractivity contribution >= 4 is 10.0 Å². The topological polar surface area (TPSA) is 73.2 Å². The fraction of sp³-hybridized carbons (Fsp3) is 0.471. The van der Waals surface area contributed by atoms with Crippen LogP contribution in [0.3, 0.4) is 0 Å². The van der Waals surface area contributed by atoms with Gasteiger partial charge in [0.25, 0.3) is 16.4 Å². The number of halogens is 2. The maximum atomic E-state index is 13.2. The predicted octanol–water partition coefficient (Wildman–Crippen LogP) is 3.43. The molecule has 6 nitrogen and oxygen atoms in total. The molecule has 1 saturated carbocycles. The van der Waals surface area contributed by atoms with Crippen molar-refractivity contribution in [2.45, 2.75) is 49.0 Å². The second-order valence-electron chi connectivity index (χ2n) is 6.28. The highest BCUT2D eigenvalue weighted by molar-refractivity contribution is 7.92. The van der Waals surface area contributed by atoms with Gasteiger partial charge in [0.15, 0.2) is 0 Å². The number of rotatable bonds is 6. The number of alkyl halides is 2. The van der Waals surface area contributed by atoms with Crippen LogP contribution in [-0.2, 0) is 14.8 Å². The van der Waals surface area contributed by atoms with E-state index in [1.165, 1.54) is 18.2 Å². The van der Waals surface area contributed by atoms with Gasteiger partial charge in [-0.3, -0.25) is 0 Å². The van der Waals surface area contributed by atoms with E-state index in [0.29, 0.717) is 5.69 Å². The fourth-order valence-corrected chi connectivity index (χ4v) is 4.34. The maximum absolute atomic E-state index is 13.2. The first-order valence-electron chi connectivity index (χ1n) is 8.41. The molecule has 1 fully saturated rings. The van der Waals surface area contributed by atoms with Crippen molar-refractivity contribution in [2.24, 2.45) is 0 Å². The minimum Gasteiger partial charge on any atom is -0.381 e. The van der Waals surface area contributed by atoms with Crippen LogP contribution in [0.2, 0.25) is 0 Å². The molecule has 0 radical (unpaired) electrons. The van der Waals surface area contributed by atoms with Crippen LogP contribution in [0, 0.1) is 0 Å². The van der Waals surface area contributed by atoms with Gasteiger partial charge in [0, 0.05) is 13.0 Å². The third-order valence-corrected chi connectivity index (χ3v) is 5.93. The standard InChI is InChI=1S/C17H21F2N3O3S/c1-25-16-10-6-5-9-13(16)15-11-14(17(18)19)20-22(15)21-26(23,24)12-7-3-2-4-8-12/h2-4,7-8,11,13,16-17,21H,5-6,9-10H2,1H3. The monoisotopic (exact) mass is 385 g/mol. The van der Waals surface area contributed by atoms with Gasteiger partial charge in [-0.05, 0) is 31.0 Å². The molecule has 0 amide bonds. The van der Waals surface area contributed by atoms with Crippen LogP contribution in [0.4, 0.5) is 8.78 Å². The number of methoxy groups -OCH3 is 1. The first-order chi connectivity index (χ1) is 12.4. The summed E-state index contributed by atoms with van der Waals surface area (Å²) in [4.78, 5) is 3.31. The van der Waals surface area contributed by atoms with Crippen molar-refractivity contribution in [3.05, 3.63) is 47.8 Å². The summed E-state index contributed by atoms with van der Waals surface area (Å²) in [5, 5.41) is 3.79. The zero-order valence-corrected chi connectivity index (χ0v) is 15.1. The first-order valence-corrected chi connectivity index (χ1v) is 9.89. The van der Waals surface area contributed by atoms with E-state index in [4.69, 9.17) is 4.74 Å². The highest BCUT2D eigenvalue weighted by atomic mass is 32.2. The smallest absolute Gasteiger partial charge is 0.282 e. The van der Waals surface area contributed by atoms with Crippen molar-refractivity contribution in [3.63, 3.8) is 0 Å². The van der Waals surface area contributed by atoms with Crippen LogP contribution >= 0.6 is 0 Å². The van der Waals surface area contributed by atoms with E-state index in [2.05, 4.69) is 9.93 Å². The quantitative estimate of drug-likeness (QED) is 0.827. The number of sulfonamides is 1. The molecule has 1 heterocycles. The average molecular weight is 385 g/mol. The molecule has 0 saturated heterocycles. The second kappa shape index (κ2) is 7.71. The lowest BCUT2D eigenvalue weighted by atomic mass is 9.84. The summed E-state index contributed by atoms with van der Waals surface area (Å²) < 4.78 is 57.0. The highest BCUT2D eigenvalue weighted by Gasteiger charge is 2.32. The molecule has 1 N–H and O–H groups in total. The van der Waals surface area contributed by atoms with E-state index >= 15 is 0 Å². The van der Waals surface area contributed by atoms with Crippen LogP contribution in [0.1, 0.15) is 49.4 Å². The Kier molecular flexibility index (Phi) is 5.57. The fourth-order valence-electron chi connectivity index (χ4n) is 3.34. The normalized spacial score (nSPS) is 21.1. The number of benzene rings is 1. The van der Waals surface area contributed by atoms with Gasteiger partial charge >= 0.3 is 0 Å². The molecule has 142 valence electrons. The van der Waals surface area contributed by atoms with Crippen molar-refractivity contribution in [3.8, 4) is 0 Å². The third-order valence-electron chi connectivity index (χ3n) is 4.62. The van der Waals surface area contributed by atoms with Gasteiger partial charge in [0.2, 0.25) is 0 Å². The van der Waals surface area contributed by atoms with Crippen molar-refractivity contribution in [2.75, 3.05) is 11.9 Å². The Morgan fingerprint density at radius 2 is 1.92 bits per heavy atom. The molecule has 0 bridgehead atoms. The molecule has 1 aliphatic carbocycles. The molecule has 2 aromatic rings. The van der Waals surface area contributed by atoms with Crippen LogP contribution in [0.25, 0.3) is 0 Å². The Balaban J connectivity index is 1.98. The number of nitrogens with zero attached hydrogens (tertiary/aromatic N) is 2. The maximum Gasteiger partial charge on any atom is 0.282 e. The lowest BCUT2D eigenvalue weighted by Crippen LogP contribution is -2.31. The lowest BCUT2D eigenvalue weighted by Gasteiger charge is -2.30. The molecule has 1 aromatic heterocycles. The number of ether oxygens (including phenoxy) is 1. The molecule has 0 spiro atoms. The van der Waals surface area contributed by atoms with Crippen LogP contribution in [0.15, 0.2) is 41.3 Å². The minimum atomic E-state index is -3.95. The molecular formula is C17H21F2N3O3S. The van der Waals surface area contributed by atoms with E-state index in [1.807, 2.05) is 0 Å². The first kappa shape index (κ1) is 18.8. The summed E-state index contributed by atoms with van der Waals surface area (Å²) in [6.45, 7) is 0. The van der Waals surface area contributed by atoms with Gasteiger partial charge in [0.05, 0.1) is 16.7 Å². The van der Waals surface area contributed by atoms with Gasteiger partial charge in [-0.1, -0.05) is 31.0 Å². The molecule has 3 rings (SSSR count). The molecule has 26 heavy (non-hydrogen) atoms. The van der Waals surface area contributed by atoms with Gasteiger partial charge in [-0.25, -0.2) is 8.78 Å². The van der Waals surface area contributed by atoms with Gasteiger partial charge in [0.1, 0.15) is 5.69 Å². The minimum absolute atomic E-state index is 0.0342. The predicted molar refractivity (Wildman–Crippen MR) is 92.2 cm³/mol. The molecule has 1 aliphatic rings. The zero-order chi connectivity index (χ0) is 18.7. The van der Waals surface area contributed by atoms with E-state index in [9.17, 15) is 17.2 Å². The summed E-state index contributed by atoms with van der Waals surface area (Å²) in [5.41, 5.74) is -0.0671. The second-order valence-corrected chi connectivity index (χ2v) is 7.94. The van der Waals surface area contributed by atoms with Crippen LogP contribution in [-0.4, -0.2) is 31.5 Å². The van der Waals surface area contributed by atoms with Crippen LogP contribution in [0.5, 0.6) is 0 Å². The van der Waals surface area contributed by atoms with Crippen molar-refractivity contribution in [1.82, 2.24) is 9.89 Å². The van der Waals surface area contributed by atoms with E-state index < -0.39 is 22.1 Å². The highest BCUT2D eigenvalue weighted by Crippen LogP contribution is 2.36. The molecular weight excluding hydrogens is 364 g/mol. The summed E-state index contributed by atoms with van der Waals surface area (Å²) in [5.74, 6) is -0.202. The lowest BCUT2D eigenvalue weighted by molar-refractivity contribution is 0.0502. The Labute approximate surface area is 151 Å². The number of nitrogens with one attached hydrogen (secondary N) is 1. The van der Waals surface area contributed by atoms with Gasteiger partial charge < -0.3 is 4.74 Å². The Morgan fingerprint density at radius 1 is 1.23 bits per heavy atom. The van der Waals surface area contributed by atoms with Crippen molar-refractivity contribution in [1.29, 1.82) is 0 Å². The van der Waals surface area contributed by atoms with Gasteiger partial charge in [-0.2, -0.15) is 23.1 Å². The zero-order valence-electron chi connectivity index (χ0n) is 14.3. The third kappa shape index (κ3) is 3.88. The number of hydrogen-bond donors (Lipinski definition) is 1. The van der Waals surface area contributed by atoms with Crippen molar-refractivity contribution < 1.29 is 21.9 Å². The molecule has 0 aliphatic heterocycles. The number of aromatic nitrogens is 2. The Bertz CT molecular complexity index is 840. The molecule has 1 aromatic carbocycles. The Morgan fingerprint density at radius 3 is 2.58 bits per heavy atom. The van der Waals surface area contributed by atoms with E-state index in [-0.39, 0.29) is 16.9 Å². The average Bonchev–Trinajstić information content (AvgIpc) is 3.05. The molecule has 9 heteroatoms. The number of hydrogen-bond acceptors (Lipinski definition) is 4. The van der Waals surface area contributed by atoms with E-state index in [1.54, 1.807) is 25.3 Å². The van der Waals surface area contributed by atoms with Gasteiger partial charge in [-0.15, -0.1) is 0 Å². The summed E-state index contributed by atoms with van der Waals surface area (Å²) in [7, 11) is -2.37. The van der Waals surface area contributed by atoms with Crippen LogP contribution < -0.4 is 4.83 Å². The molecule has 2 unspecified atom stereocenters. The molecule has 2 atom stereocenters. The summed E-state index contributed by atoms with van der Waals surface area (Å²) >= 11 is 0. The van der Waals surface area contributed by atoms with E-state index in [0.717, 1.165) is 30.5 Å². The summed E-state index contributed by atoms with van der Waals surface area (Å²) in [6.07, 6.45) is 0.472. The summed E-state index contributed by atoms with van der Waals surface area (Å²) in [6, 6.07) is 8.99.